The summed E-state index contributed by atoms with van der Waals surface area (Å²) >= 11 is 9.59. The molecule has 0 amide bonds. The van der Waals surface area contributed by atoms with Crippen molar-refractivity contribution >= 4 is 27.5 Å². The van der Waals surface area contributed by atoms with Crippen molar-refractivity contribution in [2.24, 2.45) is 0 Å². The fourth-order valence-electron chi connectivity index (χ4n) is 1.69. The van der Waals surface area contributed by atoms with Gasteiger partial charge in [-0.3, -0.25) is 0 Å². The van der Waals surface area contributed by atoms with Crippen molar-refractivity contribution in [1.29, 1.82) is 5.26 Å². The average Bonchev–Trinajstić information content (AvgIpc) is 2.46. The molecule has 0 spiro atoms. The van der Waals surface area contributed by atoms with E-state index in [9.17, 15) is 0 Å². The maximum atomic E-state index is 8.91. The Morgan fingerprint density at radius 1 is 1.30 bits per heavy atom. The molecule has 0 heterocycles. The van der Waals surface area contributed by atoms with Crippen LogP contribution in [0.5, 0.6) is 11.5 Å². The van der Waals surface area contributed by atoms with Crippen LogP contribution in [0.1, 0.15) is 11.1 Å². The number of hydrogen-bond acceptors (Lipinski definition) is 3. The molecule has 0 aliphatic carbocycles. The number of ether oxygens (including phenoxy) is 2. The van der Waals surface area contributed by atoms with Gasteiger partial charge in [0.05, 0.1) is 23.8 Å². The SMILES string of the molecule is COc1cc(C#N)cc(Cl)c1OCc1ccccc1Br. The van der Waals surface area contributed by atoms with E-state index in [-0.39, 0.29) is 0 Å². The van der Waals surface area contributed by atoms with Crippen LogP contribution in [0.3, 0.4) is 0 Å². The smallest absolute Gasteiger partial charge is 0.180 e. The zero-order valence-corrected chi connectivity index (χ0v) is 13.0. The number of nitriles is 1. The monoisotopic (exact) mass is 351 g/mol. The van der Waals surface area contributed by atoms with Crippen LogP contribution in [0.15, 0.2) is 40.9 Å². The molecule has 0 aromatic heterocycles. The summed E-state index contributed by atoms with van der Waals surface area (Å²) in [4.78, 5) is 0. The first-order valence-electron chi connectivity index (χ1n) is 5.79. The maximum absolute atomic E-state index is 8.91. The molecule has 2 aromatic rings. The minimum Gasteiger partial charge on any atom is -0.493 e. The largest absolute Gasteiger partial charge is 0.493 e. The van der Waals surface area contributed by atoms with Gasteiger partial charge in [-0.25, -0.2) is 0 Å². The number of hydrogen-bond donors (Lipinski definition) is 0. The topological polar surface area (TPSA) is 42.2 Å². The van der Waals surface area contributed by atoms with E-state index in [1.54, 1.807) is 12.1 Å². The van der Waals surface area contributed by atoms with Gasteiger partial charge in [0.1, 0.15) is 6.61 Å². The van der Waals surface area contributed by atoms with Crippen molar-refractivity contribution in [3.8, 4) is 17.6 Å². The molecule has 2 aromatic carbocycles. The quantitative estimate of drug-likeness (QED) is 0.810. The van der Waals surface area contributed by atoms with E-state index in [1.165, 1.54) is 7.11 Å². The molecule has 0 saturated carbocycles. The summed E-state index contributed by atoms with van der Waals surface area (Å²) in [6.45, 7) is 0.351. The fraction of sp³-hybridized carbons (Fsp3) is 0.133. The van der Waals surface area contributed by atoms with Gasteiger partial charge in [0, 0.05) is 16.1 Å². The second-order valence-electron chi connectivity index (χ2n) is 3.98. The van der Waals surface area contributed by atoms with Gasteiger partial charge in [-0.15, -0.1) is 0 Å². The Hall–Kier alpha value is -1.70. The summed E-state index contributed by atoms with van der Waals surface area (Å²) in [5, 5.41) is 9.26. The van der Waals surface area contributed by atoms with Gasteiger partial charge < -0.3 is 9.47 Å². The van der Waals surface area contributed by atoms with E-state index in [1.807, 2.05) is 30.3 Å². The highest BCUT2D eigenvalue weighted by Gasteiger charge is 2.12. The first kappa shape index (κ1) is 14.7. The zero-order chi connectivity index (χ0) is 14.5. The second kappa shape index (κ2) is 6.65. The van der Waals surface area contributed by atoms with Crippen LogP contribution in [-0.2, 0) is 6.61 Å². The third-order valence-electron chi connectivity index (χ3n) is 2.69. The molecule has 102 valence electrons. The number of benzene rings is 2. The van der Waals surface area contributed by atoms with Crippen LogP contribution in [0.4, 0.5) is 0 Å². The van der Waals surface area contributed by atoms with Crippen molar-refractivity contribution in [2.45, 2.75) is 6.61 Å². The van der Waals surface area contributed by atoms with Crippen LogP contribution >= 0.6 is 27.5 Å². The highest BCUT2D eigenvalue weighted by Crippen LogP contribution is 2.37. The predicted octanol–water partition coefficient (Wildman–Crippen LogP) is 4.56. The van der Waals surface area contributed by atoms with Gasteiger partial charge in [-0.1, -0.05) is 45.7 Å². The Kier molecular flexibility index (Phi) is 4.89. The van der Waals surface area contributed by atoms with Gasteiger partial charge >= 0.3 is 0 Å². The molecule has 2 rings (SSSR count). The second-order valence-corrected chi connectivity index (χ2v) is 5.24. The van der Waals surface area contributed by atoms with Crippen LogP contribution in [0, 0.1) is 11.3 Å². The van der Waals surface area contributed by atoms with Gasteiger partial charge in [-0.2, -0.15) is 5.26 Å². The summed E-state index contributed by atoms with van der Waals surface area (Å²) in [7, 11) is 1.51. The van der Waals surface area contributed by atoms with Crippen LogP contribution in [0.2, 0.25) is 5.02 Å². The number of nitrogens with zero attached hydrogens (tertiary/aromatic N) is 1. The Bertz CT molecular complexity index is 667. The Morgan fingerprint density at radius 2 is 2.05 bits per heavy atom. The normalized spacial score (nSPS) is 9.90. The van der Waals surface area contributed by atoms with E-state index in [2.05, 4.69) is 15.9 Å². The highest BCUT2D eigenvalue weighted by atomic mass is 79.9. The van der Waals surface area contributed by atoms with Crippen LogP contribution in [-0.4, -0.2) is 7.11 Å². The van der Waals surface area contributed by atoms with Crippen LogP contribution in [0.25, 0.3) is 0 Å². The average molecular weight is 353 g/mol. The predicted molar refractivity (Wildman–Crippen MR) is 81.2 cm³/mol. The third-order valence-corrected chi connectivity index (χ3v) is 3.74. The molecule has 0 aliphatic heterocycles. The first-order chi connectivity index (χ1) is 9.65. The molecule has 0 radical (unpaired) electrons. The molecular formula is C15H11BrClNO2. The lowest BCUT2D eigenvalue weighted by molar-refractivity contribution is 0.284. The third kappa shape index (κ3) is 3.24. The summed E-state index contributed by atoms with van der Waals surface area (Å²) in [6.07, 6.45) is 0. The molecule has 0 fully saturated rings. The molecule has 0 bridgehead atoms. The van der Waals surface area contributed by atoms with Crippen molar-refractivity contribution in [1.82, 2.24) is 0 Å². The fourth-order valence-corrected chi connectivity index (χ4v) is 2.35. The van der Waals surface area contributed by atoms with Crippen LogP contribution < -0.4 is 9.47 Å². The lowest BCUT2D eigenvalue weighted by Gasteiger charge is -2.13. The number of halogens is 2. The molecule has 20 heavy (non-hydrogen) atoms. The summed E-state index contributed by atoms with van der Waals surface area (Å²) in [5.74, 6) is 0.880. The summed E-state index contributed by atoms with van der Waals surface area (Å²) in [6, 6.07) is 12.9. The van der Waals surface area contributed by atoms with Crippen molar-refractivity contribution in [3.05, 3.63) is 57.0 Å². The van der Waals surface area contributed by atoms with E-state index in [0.29, 0.717) is 28.7 Å². The van der Waals surface area contributed by atoms with Crippen molar-refractivity contribution < 1.29 is 9.47 Å². The van der Waals surface area contributed by atoms with Gasteiger partial charge in [0.25, 0.3) is 0 Å². The lowest BCUT2D eigenvalue weighted by atomic mass is 10.2. The summed E-state index contributed by atoms with van der Waals surface area (Å²) in [5.41, 5.74) is 1.43. The van der Waals surface area contributed by atoms with Gasteiger partial charge in [0.2, 0.25) is 0 Å². The molecule has 0 atom stereocenters. The van der Waals surface area contributed by atoms with E-state index >= 15 is 0 Å². The van der Waals surface area contributed by atoms with Gasteiger partial charge in [0.15, 0.2) is 11.5 Å². The lowest BCUT2D eigenvalue weighted by Crippen LogP contribution is -1.99. The van der Waals surface area contributed by atoms with Crippen molar-refractivity contribution in [2.75, 3.05) is 7.11 Å². The highest BCUT2D eigenvalue weighted by molar-refractivity contribution is 9.10. The summed E-state index contributed by atoms with van der Waals surface area (Å²) < 4.78 is 11.9. The molecular weight excluding hydrogens is 342 g/mol. The Labute approximate surface area is 130 Å². The molecule has 0 N–H and O–H groups in total. The Morgan fingerprint density at radius 3 is 2.70 bits per heavy atom. The first-order valence-corrected chi connectivity index (χ1v) is 6.96. The van der Waals surface area contributed by atoms with Crippen molar-refractivity contribution in [3.63, 3.8) is 0 Å². The Balaban J connectivity index is 2.26. The van der Waals surface area contributed by atoms with E-state index in [0.717, 1.165) is 10.0 Å². The maximum Gasteiger partial charge on any atom is 0.180 e. The minimum absolute atomic E-state index is 0.351. The molecule has 0 aliphatic rings. The standard InChI is InChI=1S/C15H11BrClNO2/c1-19-14-7-10(8-18)6-13(17)15(14)20-9-11-4-2-3-5-12(11)16/h2-7H,9H2,1H3. The number of methoxy groups -OCH3 is 1. The van der Waals surface area contributed by atoms with Gasteiger partial charge in [-0.05, 0) is 12.1 Å². The molecule has 3 nitrogen and oxygen atoms in total. The minimum atomic E-state index is 0.351. The number of rotatable bonds is 4. The molecule has 0 saturated heterocycles. The molecule has 0 unspecified atom stereocenters. The van der Waals surface area contributed by atoms with E-state index in [4.69, 9.17) is 26.3 Å². The van der Waals surface area contributed by atoms with E-state index < -0.39 is 0 Å². The molecule has 5 heteroatoms. The zero-order valence-electron chi connectivity index (χ0n) is 10.7.